The lowest BCUT2D eigenvalue weighted by Crippen LogP contribution is -2.08. The summed E-state index contributed by atoms with van der Waals surface area (Å²) in [5.41, 5.74) is 0.684. The maximum Gasteiger partial charge on any atom is 0.340 e. The highest BCUT2D eigenvalue weighted by Crippen LogP contribution is 2.33. The molecule has 2 aromatic carbocycles. The molecule has 0 aliphatic heterocycles. The Bertz CT molecular complexity index is 626. The van der Waals surface area contributed by atoms with E-state index in [1.54, 1.807) is 0 Å². The minimum Gasteiger partial charge on any atom is -0.493 e. The van der Waals surface area contributed by atoms with E-state index >= 15 is 0 Å². The average Bonchev–Trinajstić information content (AvgIpc) is 2.53. The molecule has 0 saturated carbocycles. The van der Waals surface area contributed by atoms with Gasteiger partial charge >= 0.3 is 5.97 Å². The van der Waals surface area contributed by atoms with Crippen LogP contribution < -0.4 is 9.47 Å². The molecular weight excluding hydrogens is 275 g/mol. The number of ether oxygens (including phenoxy) is 3. The molecule has 0 aromatic heterocycles. The highest BCUT2D eigenvalue weighted by Gasteiger charge is 2.20. The first-order valence-corrected chi connectivity index (χ1v) is 6.29. The van der Waals surface area contributed by atoms with Crippen molar-refractivity contribution < 1.29 is 23.4 Å². The highest BCUT2D eigenvalue weighted by molar-refractivity contribution is 5.90. The Hall–Kier alpha value is -2.56. The summed E-state index contributed by atoms with van der Waals surface area (Å²) in [7, 11) is 2.60. The van der Waals surface area contributed by atoms with Gasteiger partial charge in [-0.25, -0.2) is 9.18 Å². The van der Waals surface area contributed by atoms with Crippen LogP contribution in [0.3, 0.4) is 0 Å². The summed E-state index contributed by atoms with van der Waals surface area (Å²) in [5, 5.41) is 0. The van der Waals surface area contributed by atoms with E-state index in [0.29, 0.717) is 0 Å². The minimum absolute atomic E-state index is 0.107. The van der Waals surface area contributed by atoms with Gasteiger partial charge in [0.1, 0.15) is 6.61 Å². The molecule has 0 radical (unpaired) electrons. The van der Waals surface area contributed by atoms with Crippen LogP contribution in [0.1, 0.15) is 15.9 Å². The quantitative estimate of drug-likeness (QED) is 0.793. The summed E-state index contributed by atoms with van der Waals surface area (Å²) in [6, 6.07) is 12.1. The molecule has 5 heteroatoms. The van der Waals surface area contributed by atoms with Gasteiger partial charge < -0.3 is 14.2 Å². The van der Waals surface area contributed by atoms with Crippen LogP contribution in [0.25, 0.3) is 0 Å². The fourth-order valence-electron chi connectivity index (χ4n) is 1.83. The van der Waals surface area contributed by atoms with Gasteiger partial charge in [-0.3, -0.25) is 0 Å². The van der Waals surface area contributed by atoms with Crippen LogP contribution >= 0.6 is 0 Å². The third-order valence-corrected chi connectivity index (χ3v) is 2.91. The van der Waals surface area contributed by atoms with Crippen LogP contribution in [-0.2, 0) is 11.3 Å². The molecule has 4 nitrogen and oxygen atoms in total. The second kappa shape index (κ2) is 6.74. The van der Waals surface area contributed by atoms with Crippen LogP contribution in [0.5, 0.6) is 11.5 Å². The third-order valence-electron chi connectivity index (χ3n) is 2.91. The van der Waals surface area contributed by atoms with Crippen molar-refractivity contribution in [2.45, 2.75) is 6.61 Å². The molecule has 0 fully saturated rings. The van der Waals surface area contributed by atoms with Gasteiger partial charge in [-0.15, -0.1) is 0 Å². The maximum atomic E-state index is 14.4. The second-order valence-electron chi connectivity index (χ2n) is 4.22. The van der Waals surface area contributed by atoms with Crippen molar-refractivity contribution >= 4 is 5.97 Å². The molecule has 0 aliphatic carbocycles. The summed E-state index contributed by atoms with van der Waals surface area (Å²) < 4.78 is 29.4. The van der Waals surface area contributed by atoms with Gasteiger partial charge in [0.2, 0.25) is 0 Å². The van der Waals surface area contributed by atoms with Crippen molar-refractivity contribution in [1.29, 1.82) is 0 Å². The summed E-state index contributed by atoms with van der Waals surface area (Å²) in [5.74, 6) is -1.45. The van der Waals surface area contributed by atoms with Crippen LogP contribution in [0, 0.1) is 5.82 Å². The van der Waals surface area contributed by atoms with Crippen LogP contribution in [0.4, 0.5) is 4.39 Å². The molecule has 0 spiro atoms. The monoisotopic (exact) mass is 290 g/mol. The van der Waals surface area contributed by atoms with Gasteiger partial charge in [0.05, 0.1) is 19.8 Å². The zero-order valence-electron chi connectivity index (χ0n) is 11.8. The fourth-order valence-corrected chi connectivity index (χ4v) is 1.83. The van der Waals surface area contributed by atoms with E-state index in [2.05, 4.69) is 4.74 Å². The van der Waals surface area contributed by atoms with E-state index in [1.165, 1.54) is 26.4 Å². The van der Waals surface area contributed by atoms with Crippen molar-refractivity contribution in [3.05, 3.63) is 59.4 Å². The molecule has 2 aromatic rings. The van der Waals surface area contributed by atoms with Crippen LogP contribution in [0.15, 0.2) is 42.5 Å². The van der Waals surface area contributed by atoms with E-state index in [-0.39, 0.29) is 23.7 Å². The number of hydrogen-bond acceptors (Lipinski definition) is 4. The van der Waals surface area contributed by atoms with Gasteiger partial charge in [0.25, 0.3) is 0 Å². The Labute approximate surface area is 122 Å². The molecule has 0 heterocycles. The van der Waals surface area contributed by atoms with Gasteiger partial charge in [-0.1, -0.05) is 30.3 Å². The van der Waals surface area contributed by atoms with Crippen molar-refractivity contribution in [3.63, 3.8) is 0 Å². The number of esters is 1. The first kappa shape index (κ1) is 14.8. The topological polar surface area (TPSA) is 44.8 Å². The van der Waals surface area contributed by atoms with E-state index in [9.17, 15) is 9.18 Å². The number of benzene rings is 2. The SMILES string of the molecule is COC(=O)c1ccc(OC)c(OCc2ccccc2)c1F. The normalized spacial score (nSPS) is 10.0. The minimum atomic E-state index is -0.794. The average molecular weight is 290 g/mol. The third kappa shape index (κ3) is 3.31. The van der Waals surface area contributed by atoms with E-state index in [0.717, 1.165) is 5.56 Å². The van der Waals surface area contributed by atoms with Gasteiger partial charge in [0, 0.05) is 0 Å². The predicted octanol–water partition coefficient (Wildman–Crippen LogP) is 3.20. The summed E-state index contributed by atoms with van der Waals surface area (Å²) in [4.78, 5) is 11.5. The van der Waals surface area contributed by atoms with E-state index < -0.39 is 11.8 Å². The van der Waals surface area contributed by atoms with Crippen LogP contribution in [-0.4, -0.2) is 20.2 Å². The smallest absolute Gasteiger partial charge is 0.340 e. The molecule has 0 bridgehead atoms. The van der Waals surface area contributed by atoms with Gasteiger partial charge in [-0.2, -0.15) is 0 Å². The zero-order chi connectivity index (χ0) is 15.2. The summed E-state index contributed by atoms with van der Waals surface area (Å²) in [6.07, 6.45) is 0. The molecule has 0 aliphatic rings. The predicted molar refractivity (Wildman–Crippen MR) is 75.1 cm³/mol. The lowest BCUT2D eigenvalue weighted by molar-refractivity contribution is 0.0594. The Balaban J connectivity index is 2.30. The Morgan fingerprint density at radius 3 is 2.43 bits per heavy atom. The Morgan fingerprint density at radius 2 is 1.81 bits per heavy atom. The number of methoxy groups -OCH3 is 2. The molecule has 110 valence electrons. The molecule has 0 amide bonds. The highest BCUT2D eigenvalue weighted by atomic mass is 19.1. The fraction of sp³-hybridized carbons (Fsp3) is 0.188. The molecule has 21 heavy (non-hydrogen) atoms. The number of carbonyl (C=O) groups excluding carboxylic acids is 1. The lowest BCUT2D eigenvalue weighted by Gasteiger charge is -2.13. The Morgan fingerprint density at radius 1 is 1.10 bits per heavy atom. The molecule has 0 unspecified atom stereocenters. The van der Waals surface area contributed by atoms with Crippen molar-refractivity contribution in [2.75, 3.05) is 14.2 Å². The van der Waals surface area contributed by atoms with Crippen molar-refractivity contribution in [2.24, 2.45) is 0 Å². The molecular formula is C16H15FO4. The number of hydrogen-bond donors (Lipinski definition) is 0. The summed E-state index contributed by atoms with van der Waals surface area (Å²) in [6.45, 7) is 0.165. The molecule has 0 N–H and O–H groups in total. The van der Waals surface area contributed by atoms with Crippen LogP contribution in [0.2, 0.25) is 0 Å². The second-order valence-corrected chi connectivity index (χ2v) is 4.22. The number of carbonyl (C=O) groups is 1. The van der Waals surface area contributed by atoms with E-state index in [1.807, 2.05) is 30.3 Å². The molecule has 2 rings (SSSR count). The number of rotatable bonds is 5. The van der Waals surface area contributed by atoms with Gasteiger partial charge in [-0.05, 0) is 17.7 Å². The van der Waals surface area contributed by atoms with E-state index in [4.69, 9.17) is 9.47 Å². The van der Waals surface area contributed by atoms with Crippen molar-refractivity contribution in [1.82, 2.24) is 0 Å². The Kier molecular flexibility index (Phi) is 4.77. The number of halogens is 1. The zero-order valence-corrected chi connectivity index (χ0v) is 11.8. The molecule has 0 atom stereocenters. The lowest BCUT2D eigenvalue weighted by atomic mass is 10.2. The first-order valence-electron chi connectivity index (χ1n) is 6.29. The van der Waals surface area contributed by atoms with Gasteiger partial charge in [0.15, 0.2) is 17.3 Å². The summed E-state index contributed by atoms with van der Waals surface area (Å²) >= 11 is 0. The standard InChI is InChI=1S/C16H15FO4/c1-19-13-9-8-12(16(18)20-2)14(17)15(13)21-10-11-6-4-3-5-7-11/h3-9H,10H2,1-2H3. The first-order chi connectivity index (χ1) is 10.2. The molecule has 0 saturated heterocycles. The van der Waals surface area contributed by atoms with Crippen molar-refractivity contribution in [3.8, 4) is 11.5 Å². The maximum absolute atomic E-state index is 14.4. The largest absolute Gasteiger partial charge is 0.493 e.